The van der Waals surface area contributed by atoms with Crippen LogP contribution in [0.25, 0.3) is 33.3 Å². The van der Waals surface area contributed by atoms with Crippen LogP contribution in [-0.4, -0.2) is 26.2 Å². The highest BCUT2D eigenvalue weighted by molar-refractivity contribution is 6.38. The number of hydrogen-bond donors (Lipinski definition) is 1. The minimum absolute atomic E-state index is 0.0241. The van der Waals surface area contributed by atoms with Crippen molar-refractivity contribution in [2.45, 2.75) is 25.4 Å². The predicted octanol–water partition coefficient (Wildman–Crippen LogP) is 7.41. The Kier molecular flexibility index (Phi) is 6.02. The van der Waals surface area contributed by atoms with Crippen LogP contribution in [0.4, 0.5) is 0 Å². The number of hydrogen-bond acceptors (Lipinski definition) is 6. The van der Waals surface area contributed by atoms with Crippen molar-refractivity contribution in [3.63, 3.8) is 0 Å². The number of fused-ring (bicyclic) bond motifs is 1. The SMILES string of the molecule is O=C(O)c1ccc2cc(-c3ccc(OCc4c(-c5c(Cl)cncc5Cl)noc4C4CC4)cc3)ccc2n1. The maximum atomic E-state index is 11.2. The van der Waals surface area contributed by atoms with Crippen molar-refractivity contribution in [3.8, 4) is 28.1 Å². The molecule has 3 heterocycles. The van der Waals surface area contributed by atoms with Crippen LogP contribution < -0.4 is 4.74 Å². The quantitative estimate of drug-likeness (QED) is 0.233. The summed E-state index contributed by atoms with van der Waals surface area (Å²) in [5.74, 6) is 0.788. The fourth-order valence-electron chi connectivity index (χ4n) is 4.29. The van der Waals surface area contributed by atoms with Gasteiger partial charge >= 0.3 is 5.97 Å². The summed E-state index contributed by atoms with van der Waals surface area (Å²) in [6.45, 7) is 0.256. The molecule has 0 aliphatic heterocycles. The molecule has 3 aromatic heterocycles. The van der Waals surface area contributed by atoms with Gasteiger partial charge in [0.15, 0.2) is 0 Å². The van der Waals surface area contributed by atoms with Crippen molar-refractivity contribution in [1.82, 2.24) is 15.1 Å². The summed E-state index contributed by atoms with van der Waals surface area (Å²) in [5.41, 5.74) is 4.64. The highest BCUT2D eigenvalue weighted by Crippen LogP contribution is 2.46. The molecule has 0 saturated heterocycles. The maximum absolute atomic E-state index is 11.2. The van der Waals surface area contributed by atoms with Crippen molar-refractivity contribution >= 4 is 40.1 Å². The van der Waals surface area contributed by atoms with Crippen LogP contribution in [0.5, 0.6) is 5.75 Å². The first-order valence-corrected chi connectivity index (χ1v) is 12.4. The lowest BCUT2D eigenvalue weighted by molar-refractivity contribution is 0.0691. The van der Waals surface area contributed by atoms with Gasteiger partial charge in [0.1, 0.15) is 29.5 Å². The second-order valence-electron chi connectivity index (χ2n) is 8.85. The van der Waals surface area contributed by atoms with Crippen LogP contribution in [0.1, 0.15) is 40.6 Å². The van der Waals surface area contributed by atoms with E-state index in [1.54, 1.807) is 6.07 Å². The third kappa shape index (κ3) is 4.63. The van der Waals surface area contributed by atoms with E-state index in [1.165, 1.54) is 18.5 Å². The lowest BCUT2D eigenvalue weighted by Crippen LogP contribution is -2.00. The number of aromatic nitrogens is 3. The molecule has 37 heavy (non-hydrogen) atoms. The van der Waals surface area contributed by atoms with E-state index in [9.17, 15) is 4.79 Å². The second-order valence-corrected chi connectivity index (χ2v) is 9.66. The molecule has 6 rings (SSSR count). The van der Waals surface area contributed by atoms with Gasteiger partial charge in [-0.2, -0.15) is 0 Å². The van der Waals surface area contributed by atoms with E-state index < -0.39 is 5.97 Å². The van der Waals surface area contributed by atoms with E-state index in [4.69, 9.17) is 37.6 Å². The molecule has 1 fully saturated rings. The van der Waals surface area contributed by atoms with Crippen LogP contribution in [-0.2, 0) is 6.61 Å². The average molecular weight is 532 g/mol. The summed E-state index contributed by atoms with van der Waals surface area (Å²) < 4.78 is 11.8. The standard InChI is InChI=1S/C28H19Cl2N3O4/c29-21-12-31-13-22(30)25(21)26-20(27(37-33-26)16-1-2-16)14-36-19-7-3-15(4-8-19)17-5-9-23-18(11-17)6-10-24(32-23)28(34)35/h3-13,16H,1-2,14H2,(H,34,35). The molecule has 0 atom stereocenters. The van der Waals surface area contributed by atoms with E-state index in [2.05, 4.69) is 15.1 Å². The van der Waals surface area contributed by atoms with Crippen molar-refractivity contribution < 1.29 is 19.2 Å². The Bertz CT molecular complexity index is 1630. The monoisotopic (exact) mass is 531 g/mol. The van der Waals surface area contributed by atoms with Crippen molar-refractivity contribution in [2.75, 3.05) is 0 Å². The predicted molar refractivity (Wildman–Crippen MR) is 140 cm³/mol. The molecule has 5 aromatic rings. The van der Waals surface area contributed by atoms with Crippen LogP contribution >= 0.6 is 23.2 Å². The van der Waals surface area contributed by atoms with Gasteiger partial charge in [0, 0.05) is 29.3 Å². The van der Waals surface area contributed by atoms with E-state index in [0.717, 1.165) is 40.7 Å². The molecule has 0 unspecified atom stereocenters. The number of pyridine rings is 2. The molecule has 1 aliphatic carbocycles. The summed E-state index contributed by atoms with van der Waals surface area (Å²) >= 11 is 12.8. The fraction of sp³-hybridized carbons (Fsp3) is 0.143. The molecule has 1 aliphatic rings. The molecule has 1 N–H and O–H groups in total. The van der Waals surface area contributed by atoms with Gasteiger partial charge in [-0.25, -0.2) is 9.78 Å². The van der Waals surface area contributed by atoms with Gasteiger partial charge in [0.2, 0.25) is 0 Å². The van der Waals surface area contributed by atoms with Crippen LogP contribution in [0.15, 0.2) is 71.5 Å². The van der Waals surface area contributed by atoms with Gasteiger partial charge in [-0.1, -0.05) is 52.6 Å². The average Bonchev–Trinajstić information content (AvgIpc) is 3.67. The molecule has 0 amide bonds. The lowest BCUT2D eigenvalue weighted by Gasteiger charge is -2.10. The molecule has 0 radical (unpaired) electrons. The molecule has 7 nitrogen and oxygen atoms in total. The van der Waals surface area contributed by atoms with Crippen molar-refractivity contribution in [1.29, 1.82) is 0 Å². The number of nitrogens with zero attached hydrogens (tertiary/aromatic N) is 3. The lowest BCUT2D eigenvalue weighted by atomic mass is 10.0. The fourth-order valence-corrected chi connectivity index (χ4v) is 4.83. The largest absolute Gasteiger partial charge is 0.489 e. The number of halogens is 2. The van der Waals surface area contributed by atoms with Gasteiger partial charge in [0.25, 0.3) is 0 Å². The Balaban J connectivity index is 1.24. The topological polar surface area (TPSA) is 98.3 Å². The van der Waals surface area contributed by atoms with E-state index in [-0.39, 0.29) is 12.3 Å². The van der Waals surface area contributed by atoms with Gasteiger partial charge in [-0.05, 0) is 54.3 Å². The van der Waals surface area contributed by atoms with E-state index in [0.29, 0.717) is 38.5 Å². The number of benzene rings is 2. The molecule has 1 saturated carbocycles. The van der Waals surface area contributed by atoms with Crippen molar-refractivity contribution in [3.05, 3.63) is 94.1 Å². The van der Waals surface area contributed by atoms with Gasteiger partial charge in [-0.15, -0.1) is 0 Å². The van der Waals surface area contributed by atoms with E-state index in [1.807, 2.05) is 42.5 Å². The number of carbonyl (C=O) groups is 1. The molecular weight excluding hydrogens is 513 g/mol. The maximum Gasteiger partial charge on any atom is 0.354 e. The highest BCUT2D eigenvalue weighted by Gasteiger charge is 2.33. The molecule has 9 heteroatoms. The summed E-state index contributed by atoms with van der Waals surface area (Å²) in [6, 6.07) is 16.8. The molecular formula is C28H19Cl2N3O4. The highest BCUT2D eigenvalue weighted by atomic mass is 35.5. The third-order valence-corrected chi connectivity index (χ3v) is 6.91. The minimum Gasteiger partial charge on any atom is -0.489 e. The number of rotatable bonds is 7. The minimum atomic E-state index is -1.05. The summed E-state index contributed by atoms with van der Waals surface area (Å²) in [6.07, 6.45) is 5.16. The molecule has 2 aromatic carbocycles. The Labute approximate surface area is 221 Å². The zero-order valence-electron chi connectivity index (χ0n) is 19.3. The second kappa shape index (κ2) is 9.50. The normalized spacial score (nSPS) is 13.1. The molecule has 184 valence electrons. The smallest absolute Gasteiger partial charge is 0.354 e. The first kappa shape index (κ1) is 23.5. The summed E-state index contributed by atoms with van der Waals surface area (Å²) in [7, 11) is 0. The number of carboxylic acids is 1. The summed E-state index contributed by atoms with van der Waals surface area (Å²) in [4.78, 5) is 19.4. The Morgan fingerprint density at radius 1 is 1.00 bits per heavy atom. The van der Waals surface area contributed by atoms with Gasteiger partial charge < -0.3 is 14.4 Å². The Hall–Kier alpha value is -3.94. The zero-order chi connectivity index (χ0) is 25.5. The first-order chi connectivity index (χ1) is 18.0. The molecule has 0 bridgehead atoms. The van der Waals surface area contributed by atoms with Crippen LogP contribution in [0, 0.1) is 0 Å². The number of ether oxygens (including phenoxy) is 1. The number of aromatic carboxylic acids is 1. The third-order valence-electron chi connectivity index (χ3n) is 6.34. The summed E-state index contributed by atoms with van der Waals surface area (Å²) in [5, 5.41) is 15.1. The van der Waals surface area contributed by atoms with Gasteiger partial charge in [0.05, 0.1) is 21.1 Å². The Morgan fingerprint density at radius 3 is 2.43 bits per heavy atom. The van der Waals surface area contributed by atoms with Crippen LogP contribution in [0.2, 0.25) is 10.0 Å². The molecule has 0 spiro atoms. The zero-order valence-corrected chi connectivity index (χ0v) is 20.8. The van der Waals surface area contributed by atoms with Gasteiger partial charge in [-0.3, -0.25) is 4.98 Å². The number of carboxylic acid groups (broad SMARTS) is 1. The Morgan fingerprint density at radius 2 is 1.73 bits per heavy atom. The first-order valence-electron chi connectivity index (χ1n) is 11.6. The van der Waals surface area contributed by atoms with Crippen LogP contribution in [0.3, 0.4) is 0 Å². The van der Waals surface area contributed by atoms with E-state index >= 15 is 0 Å². The van der Waals surface area contributed by atoms with Crippen molar-refractivity contribution in [2.24, 2.45) is 0 Å².